The van der Waals surface area contributed by atoms with Crippen LogP contribution in [0.5, 0.6) is 0 Å². The first-order valence-corrected chi connectivity index (χ1v) is 8.94. The first-order chi connectivity index (χ1) is 10.6. The van der Waals surface area contributed by atoms with Gasteiger partial charge in [0, 0.05) is 37.6 Å². The maximum atomic E-state index is 4.25. The predicted molar refractivity (Wildman–Crippen MR) is 114 cm³/mol. The van der Waals surface area contributed by atoms with Crippen LogP contribution in [0, 0.1) is 0 Å². The number of aromatic nitrogens is 1. The fraction of sp³-hybridized carbons (Fsp3) is 0.625. The number of aliphatic imine (C=N–C) groups is 1. The molecule has 1 heterocycles. The Morgan fingerprint density at radius 2 is 1.96 bits per heavy atom. The first kappa shape index (κ1) is 22.3. The van der Waals surface area contributed by atoms with Gasteiger partial charge in [0.2, 0.25) is 0 Å². The highest BCUT2D eigenvalue weighted by Crippen LogP contribution is 2.19. The lowest BCUT2D eigenvalue weighted by Crippen LogP contribution is -2.43. The van der Waals surface area contributed by atoms with Crippen molar-refractivity contribution in [3.05, 3.63) is 24.4 Å². The number of guanidine groups is 1. The number of pyridine rings is 1. The number of nitrogens with zero attached hydrogens (tertiary/aromatic N) is 2. The molecule has 0 aliphatic rings. The van der Waals surface area contributed by atoms with Gasteiger partial charge in [-0.1, -0.05) is 6.07 Å². The van der Waals surface area contributed by atoms with E-state index >= 15 is 0 Å². The molecule has 0 amide bonds. The van der Waals surface area contributed by atoms with Gasteiger partial charge in [-0.3, -0.25) is 4.99 Å². The van der Waals surface area contributed by atoms with E-state index in [1.54, 1.807) is 6.20 Å². The summed E-state index contributed by atoms with van der Waals surface area (Å²) in [6.07, 6.45) is 6.12. The Morgan fingerprint density at radius 3 is 2.57 bits per heavy atom. The van der Waals surface area contributed by atoms with Gasteiger partial charge in [0.15, 0.2) is 5.96 Å². The second-order valence-corrected chi connectivity index (χ2v) is 7.18. The van der Waals surface area contributed by atoms with Gasteiger partial charge < -0.3 is 16.0 Å². The number of hydrogen-bond acceptors (Lipinski definition) is 4. The first-order valence-electron chi connectivity index (χ1n) is 7.72. The summed E-state index contributed by atoms with van der Waals surface area (Å²) >= 11 is 1.85. The molecule has 5 nitrogen and oxygen atoms in total. The molecule has 0 spiro atoms. The van der Waals surface area contributed by atoms with Crippen molar-refractivity contribution in [2.45, 2.75) is 31.4 Å². The molecular formula is C16H30IN5S. The Balaban J connectivity index is 0.00000484. The molecule has 1 aromatic heterocycles. The average Bonchev–Trinajstić information content (AvgIpc) is 2.54. The third-order valence-corrected chi connectivity index (χ3v) is 4.57. The van der Waals surface area contributed by atoms with Gasteiger partial charge in [-0.15, -0.1) is 24.0 Å². The van der Waals surface area contributed by atoms with Gasteiger partial charge in [0.05, 0.1) is 0 Å². The highest BCUT2D eigenvalue weighted by molar-refractivity contribution is 14.0. The van der Waals surface area contributed by atoms with Gasteiger partial charge in [0.25, 0.3) is 0 Å². The Morgan fingerprint density at radius 1 is 1.22 bits per heavy atom. The minimum Gasteiger partial charge on any atom is -0.370 e. The number of thioether (sulfide) groups is 1. The van der Waals surface area contributed by atoms with E-state index in [0.29, 0.717) is 0 Å². The molecule has 0 aromatic carbocycles. The Hall–Kier alpha value is -0.700. The van der Waals surface area contributed by atoms with Crippen LogP contribution >= 0.6 is 35.7 Å². The van der Waals surface area contributed by atoms with Crippen molar-refractivity contribution in [1.82, 2.24) is 15.6 Å². The van der Waals surface area contributed by atoms with Crippen LogP contribution in [-0.2, 0) is 0 Å². The van der Waals surface area contributed by atoms with Crippen LogP contribution in [0.15, 0.2) is 29.4 Å². The standard InChI is InChI=1S/C16H29N5S.HI/c1-16(2,22-4)13-21-15(17-3)20-12-8-7-11-19-14-9-5-6-10-18-14;/h5-6,9-10H,7-8,11-13H2,1-4H3,(H,18,19)(H2,17,20,21);1H. The summed E-state index contributed by atoms with van der Waals surface area (Å²) in [5.74, 6) is 1.81. The van der Waals surface area contributed by atoms with E-state index in [9.17, 15) is 0 Å². The molecular weight excluding hydrogens is 421 g/mol. The zero-order valence-electron chi connectivity index (χ0n) is 14.6. The van der Waals surface area contributed by atoms with E-state index in [0.717, 1.165) is 44.3 Å². The minimum atomic E-state index is 0. The third-order valence-electron chi connectivity index (χ3n) is 3.32. The van der Waals surface area contributed by atoms with Gasteiger partial charge in [-0.2, -0.15) is 11.8 Å². The molecule has 3 N–H and O–H groups in total. The Labute approximate surface area is 161 Å². The topological polar surface area (TPSA) is 61.3 Å². The number of unbranched alkanes of at least 4 members (excludes halogenated alkanes) is 1. The molecule has 0 unspecified atom stereocenters. The zero-order chi connectivity index (χ0) is 16.3. The monoisotopic (exact) mass is 451 g/mol. The molecule has 0 bridgehead atoms. The summed E-state index contributed by atoms with van der Waals surface area (Å²) in [6, 6.07) is 5.90. The number of halogens is 1. The van der Waals surface area contributed by atoms with Crippen molar-refractivity contribution in [2.24, 2.45) is 4.99 Å². The molecule has 1 rings (SSSR count). The maximum Gasteiger partial charge on any atom is 0.191 e. The normalized spacial score (nSPS) is 11.6. The largest absolute Gasteiger partial charge is 0.370 e. The molecule has 23 heavy (non-hydrogen) atoms. The molecule has 0 atom stereocenters. The molecule has 0 radical (unpaired) electrons. The number of rotatable bonds is 9. The van der Waals surface area contributed by atoms with Crippen LogP contribution in [0.2, 0.25) is 0 Å². The van der Waals surface area contributed by atoms with Gasteiger partial charge in [0.1, 0.15) is 5.82 Å². The van der Waals surface area contributed by atoms with Crippen molar-refractivity contribution in [3.8, 4) is 0 Å². The van der Waals surface area contributed by atoms with Crippen LogP contribution in [0.4, 0.5) is 5.82 Å². The highest BCUT2D eigenvalue weighted by atomic mass is 127. The second-order valence-electron chi connectivity index (χ2n) is 5.67. The van der Waals surface area contributed by atoms with E-state index in [4.69, 9.17) is 0 Å². The SMILES string of the molecule is CN=C(NCCCCNc1ccccn1)NCC(C)(C)SC.I. The van der Waals surface area contributed by atoms with E-state index in [1.807, 2.05) is 37.0 Å². The van der Waals surface area contributed by atoms with Crippen molar-refractivity contribution < 1.29 is 0 Å². The van der Waals surface area contributed by atoms with Crippen LogP contribution in [0.3, 0.4) is 0 Å². The molecule has 0 aliphatic heterocycles. The Bertz CT molecular complexity index is 439. The molecule has 0 saturated carbocycles. The Kier molecular flexibility index (Phi) is 12.3. The average molecular weight is 451 g/mol. The minimum absolute atomic E-state index is 0. The molecule has 0 aliphatic carbocycles. The smallest absolute Gasteiger partial charge is 0.191 e. The van der Waals surface area contributed by atoms with E-state index in [1.165, 1.54) is 0 Å². The van der Waals surface area contributed by atoms with Crippen molar-refractivity contribution in [3.63, 3.8) is 0 Å². The number of anilines is 1. The lowest BCUT2D eigenvalue weighted by Gasteiger charge is -2.23. The molecule has 132 valence electrons. The highest BCUT2D eigenvalue weighted by Gasteiger charge is 2.15. The summed E-state index contributed by atoms with van der Waals surface area (Å²) in [7, 11) is 1.81. The number of nitrogens with one attached hydrogen (secondary N) is 3. The van der Waals surface area contributed by atoms with E-state index in [-0.39, 0.29) is 28.7 Å². The van der Waals surface area contributed by atoms with Gasteiger partial charge in [-0.05, 0) is 45.1 Å². The summed E-state index contributed by atoms with van der Waals surface area (Å²) in [6.45, 7) is 7.20. The van der Waals surface area contributed by atoms with Crippen molar-refractivity contribution >= 4 is 47.5 Å². The summed E-state index contributed by atoms with van der Waals surface area (Å²) in [5, 5.41) is 10.0. The molecule has 0 saturated heterocycles. The van der Waals surface area contributed by atoms with Crippen LogP contribution in [0.25, 0.3) is 0 Å². The molecule has 0 fully saturated rings. The lowest BCUT2D eigenvalue weighted by atomic mass is 10.2. The quantitative estimate of drug-likeness (QED) is 0.233. The van der Waals surface area contributed by atoms with Crippen molar-refractivity contribution in [1.29, 1.82) is 0 Å². The van der Waals surface area contributed by atoms with E-state index < -0.39 is 0 Å². The second kappa shape index (κ2) is 12.7. The van der Waals surface area contributed by atoms with E-state index in [2.05, 4.69) is 46.0 Å². The summed E-state index contributed by atoms with van der Waals surface area (Å²) < 4.78 is 0.213. The summed E-state index contributed by atoms with van der Waals surface area (Å²) in [4.78, 5) is 8.49. The zero-order valence-corrected chi connectivity index (χ0v) is 17.7. The lowest BCUT2D eigenvalue weighted by molar-refractivity contribution is 0.655. The number of hydrogen-bond donors (Lipinski definition) is 3. The summed E-state index contributed by atoms with van der Waals surface area (Å²) in [5.41, 5.74) is 0. The fourth-order valence-corrected chi connectivity index (χ4v) is 1.95. The van der Waals surface area contributed by atoms with Crippen LogP contribution in [0.1, 0.15) is 26.7 Å². The van der Waals surface area contributed by atoms with Crippen LogP contribution in [-0.4, -0.2) is 48.6 Å². The molecule has 7 heteroatoms. The maximum absolute atomic E-state index is 4.25. The van der Waals surface area contributed by atoms with Crippen molar-refractivity contribution in [2.75, 3.05) is 38.3 Å². The molecule has 1 aromatic rings. The predicted octanol–water partition coefficient (Wildman–Crippen LogP) is 3.20. The fourth-order valence-electron chi connectivity index (χ4n) is 1.73. The van der Waals surface area contributed by atoms with Crippen LogP contribution < -0.4 is 16.0 Å². The van der Waals surface area contributed by atoms with Gasteiger partial charge >= 0.3 is 0 Å². The third kappa shape index (κ3) is 10.6. The van der Waals surface area contributed by atoms with Gasteiger partial charge in [-0.25, -0.2) is 4.98 Å².